The number of ether oxygens (including phenoxy) is 3. The maximum atomic E-state index is 5.44. The lowest BCUT2D eigenvalue weighted by Crippen LogP contribution is -2.48. The molecule has 1 atom stereocenters. The van der Waals surface area contributed by atoms with Gasteiger partial charge in [-0.2, -0.15) is 0 Å². The third-order valence-electron chi connectivity index (χ3n) is 4.75. The van der Waals surface area contributed by atoms with Crippen molar-refractivity contribution in [2.45, 2.75) is 32.9 Å². The maximum Gasteiger partial charge on any atom is 0.203 e. The lowest BCUT2D eigenvalue weighted by atomic mass is 10.1. The molecule has 0 amide bonds. The maximum absolute atomic E-state index is 5.44. The Hall–Kier alpha value is -1.46. The third-order valence-corrected chi connectivity index (χ3v) is 4.75. The first-order valence-corrected chi connectivity index (χ1v) is 8.38. The molecule has 1 aromatic carbocycles. The molecule has 0 bridgehead atoms. The number of benzene rings is 1. The standard InChI is InChI=1S/C18H30N2O3/c1-6-14(2)20-9-7-19(8-10-20)13-15-11-16(21-3)18(23-5)17(12-15)22-4/h11-12,14H,6-10,13H2,1-5H3/t14-/m1/s1. The molecule has 1 aliphatic heterocycles. The molecule has 1 aliphatic rings. The smallest absolute Gasteiger partial charge is 0.203 e. The third kappa shape index (κ3) is 4.30. The van der Waals surface area contributed by atoms with Gasteiger partial charge >= 0.3 is 0 Å². The molecule has 1 saturated heterocycles. The minimum absolute atomic E-state index is 0.653. The van der Waals surface area contributed by atoms with Crippen molar-refractivity contribution in [3.63, 3.8) is 0 Å². The normalized spacial score (nSPS) is 17.8. The molecule has 1 aromatic rings. The molecular weight excluding hydrogens is 292 g/mol. The molecule has 0 N–H and O–H groups in total. The van der Waals surface area contributed by atoms with Crippen molar-refractivity contribution in [2.75, 3.05) is 47.5 Å². The molecule has 2 rings (SSSR count). The fraction of sp³-hybridized carbons (Fsp3) is 0.667. The zero-order chi connectivity index (χ0) is 16.8. The van der Waals surface area contributed by atoms with E-state index < -0.39 is 0 Å². The summed E-state index contributed by atoms with van der Waals surface area (Å²) in [6.07, 6.45) is 1.22. The summed E-state index contributed by atoms with van der Waals surface area (Å²) in [5, 5.41) is 0. The monoisotopic (exact) mass is 322 g/mol. The van der Waals surface area contributed by atoms with E-state index >= 15 is 0 Å². The first-order chi connectivity index (χ1) is 11.1. The van der Waals surface area contributed by atoms with Crippen LogP contribution in [0.2, 0.25) is 0 Å². The average Bonchev–Trinajstić information content (AvgIpc) is 2.60. The fourth-order valence-corrected chi connectivity index (χ4v) is 3.11. The summed E-state index contributed by atoms with van der Waals surface area (Å²) in [5.74, 6) is 2.10. The fourth-order valence-electron chi connectivity index (χ4n) is 3.11. The van der Waals surface area contributed by atoms with Crippen LogP contribution in [0.3, 0.4) is 0 Å². The lowest BCUT2D eigenvalue weighted by molar-refractivity contribution is 0.0962. The van der Waals surface area contributed by atoms with E-state index in [-0.39, 0.29) is 0 Å². The Morgan fingerprint density at radius 2 is 1.52 bits per heavy atom. The van der Waals surface area contributed by atoms with Gasteiger partial charge in [0.2, 0.25) is 5.75 Å². The molecule has 130 valence electrons. The van der Waals surface area contributed by atoms with Crippen LogP contribution < -0.4 is 14.2 Å². The van der Waals surface area contributed by atoms with Crippen LogP contribution in [0.5, 0.6) is 17.2 Å². The van der Waals surface area contributed by atoms with Crippen LogP contribution in [0.25, 0.3) is 0 Å². The van der Waals surface area contributed by atoms with Gasteiger partial charge in [-0.3, -0.25) is 9.80 Å². The van der Waals surface area contributed by atoms with Gasteiger partial charge in [-0.1, -0.05) is 6.92 Å². The number of hydrogen-bond acceptors (Lipinski definition) is 5. The van der Waals surface area contributed by atoms with Crippen molar-refractivity contribution in [2.24, 2.45) is 0 Å². The molecule has 0 aromatic heterocycles. The Kier molecular flexibility index (Phi) is 6.54. The molecule has 0 aliphatic carbocycles. The average molecular weight is 322 g/mol. The second-order valence-corrected chi connectivity index (χ2v) is 6.10. The molecule has 0 unspecified atom stereocenters. The minimum atomic E-state index is 0.653. The van der Waals surface area contributed by atoms with Gasteiger partial charge in [-0.15, -0.1) is 0 Å². The van der Waals surface area contributed by atoms with Gasteiger partial charge in [0.05, 0.1) is 21.3 Å². The van der Waals surface area contributed by atoms with Crippen LogP contribution in [-0.4, -0.2) is 63.4 Å². The van der Waals surface area contributed by atoms with E-state index in [2.05, 4.69) is 23.6 Å². The SMILES string of the molecule is CC[C@@H](C)N1CCN(Cc2cc(OC)c(OC)c(OC)c2)CC1. The van der Waals surface area contributed by atoms with Crippen molar-refractivity contribution in [3.05, 3.63) is 17.7 Å². The number of hydrogen-bond donors (Lipinski definition) is 0. The van der Waals surface area contributed by atoms with E-state index in [1.807, 2.05) is 12.1 Å². The zero-order valence-electron chi connectivity index (χ0n) is 15.1. The zero-order valence-corrected chi connectivity index (χ0v) is 15.1. The van der Waals surface area contributed by atoms with Gasteiger partial charge < -0.3 is 14.2 Å². The number of piperazine rings is 1. The Morgan fingerprint density at radius 3 is 1.96 bits per heavy atom. The van der Waals surface area contributed by atoms with Crippen LogP contribution in [0.15, 0.2) is 12.1 Å². The van der Waals surface area contributed by atoms with Gasteiger partial charge in [-0.05, 0) is 31.0 Å². The van der Waals surface area contributed by atoms with E-state index in [1.165, 1.54) is 12.0 Å². The molecule has 0 saturated carbocycles. The van der Waals surface area contributed by atoms with Crippen LogP contribution >= 0.6 is 0 Å². The largest absolute Gasteiger partial charge is 0.493 e. The molecule has 0 radical (unpaired) electrons. The van der Waals surface area contributed by atoms with Crippen LogP contribution in [-0.2, 0) is 6.54 Å². The van der Waals surface area contributed by atoms with Gasteiger partial charge in [0.1, 0.15) is 0 Å². The van der Waals surface area contributed by atoms with Crippen molar-refractivity contribution in [3.8, 4) is 17.2 Å². The highest BCUT2D eigenvalue weighted by Gasteiger charge is 2.21. The van der Waals surface area contributed by atoms with Crippen molar-refractivity contribution in [1.82, 2.24) is 9.80 Å². The first kappa shape index (κ1) is 17.9. The van der Waals surface area contributed by atoms with E-state index in [0.29, 0.717) is 11.8 Å². The highest BCUT2D eigenvalue weighted by molar-refractivity contribution is 5.53. The summed E-state index contributed by atoms with van der Waals surface area (Å²) in [6, 6.07) is 4.77. The van der Waals surface area contributed by atoms with Crippen LogP contribution in [0.1, 0.15) is 25.8 Å². The van der Waals surface area contributed by atoms with E-state index in [0.717, 1.165) is 44.2 Å². The lowest BCUT2D eigenvalue weighted by Gasteiger charge is -2.37. The second kappa shape index (κ2) is 8.41. The minimum Gasteiger partial charge on any atom is -0.493 e. The highest BCUT2D eigenvalue weighted by Crippen LogP contribution is 2.38. The Morgan fingerprint density at radius 1 is 0.957 bits per heavy atom. The Balaban J connectivity index is 2.04. The summed E-state index contributed by atoms with van der Waals surface area (Å²) in [4.78, 5) is 5.06. The molecule has 23 heavy (non-hydrogen) atoms. The summed E-state index contributed by atoms with van der Waals surface area (Å²) in [5.41, 5.74) is 1.19. The highest BCUT2D eigenvalue weighted by atomic mass is 16.5. The molecule has 1 heterocycles. The van der Waals surface area contributed by atoms with E-state index in [1.54, 1.807) is 21.3 Å². The van der Waals surface area contributed by atoms with Crippen molar-refractivity contribution >= 4 is 0 Å². The molecular formula is C18H30N2O3. The summed E-state index contributed by atoms with van der Waals surface area (Å²) >= 11 is 0. The predicted molar refractivity (Wildman–Crippen MR) is 92.7 cm³/mol. The molecule has 5 heteroatoms. The first-order valence-electron chi connectivity index (χ1n) is 8.38. The molecule has 0 spiro atoms. The van der Waals surface area contributed by atoms with E-state index in [4.69, 9.17) is 14.2 Å². The van der Waals surface area contributed by atoms with Gasteiger partial charge in [0.25, 0.3) is 0 Å². The summed E-state index contributed by atoms with van der Waals surface area (Å²) in [7, 11) is 4.95. The van der Waals surface area contributed by atoms with Crippen LogP contribution in [0, 0.1) is 0 Å². The van der Waals surface area contributed by atoms with Crippen molar-refractivity contribution < 1.29 is 14.2 Å². The van der Waals surface area contributed by atoms with Crippen LogP contribution in [0.4, 0.5) is 0 Å². The van der Waals surface area contributed by atoms with Gasteiger partial charge in [-0.25, -0.2) is 0 Å². The van der Waals surface area contributed by atoms with Crippen molar-refractivity contribution in [1.29, 1.82) is 0 Å². The second-order valence-electron chi connectivity index (χ2n) is 6.10. The van der Waals surface area contributed by atoms with E-state index in [9.17, 15) is 0 Å². The quantitative estimate of drug-likeness (QED) is 0.771. The molecule has 1 fully saturated rings. The Bertz CT molecular complexity index is 474. The number of nitrogens with zero attached hydrogens (tertiary/aromatic N) is 2. The van der Waals surface area contributed by atoms with Gasteiger partial charge in [0, 0.05) is 38.8 Å². The summed E-state index contributed by atoms with van der Waals surface area (Å²) in [6.45, 7) is 9.95. The number of rotatable bonds is 7. The Labute approximate surface area is 140 Å². The predicted octanol–water partition coefficient (Wildman–Crippen LogP) is 2.63. The summed E-state index contributed by atoms with van der Waals surface area (Å²) < 4.78 is 16.3. The molecule has 5 nitrogen and oxygen atoms in total. The topological polar surface area (TPSA) is 34.2 Å². The number of methoxy groups -OCH3 is 3. The van der Waals surface area contributed by atoms with Gasteiger partial charge in [0.15, 0.2) is 11.5 Å².